The number of nitrogens with one attached hydrogen (secondary N) is 1. The van der Waals surface area contributed by atoms with Crippen molar-refractivity contribution in [3.8, 4) is 11.5 Å². The summed E-state index contributed by atoms with van der Waals surface area (Å²) in [4.78, 5) is 12.6. The van der Waals surface area contributed by atoms with Crippen LogP contribution in [-0.2, 0) is 4.79 Å². The average Bonchev–Trinajstić information content (AvgIpc) is 3.14. The Morgan fingerprint density at radius 2 is 1.83 bits per heavy atom. The molecule has 0 radical (unpaired) electrons. The lowest BCUT2D eigenvalue weighted by atomic mass is 9.48. The topological polar surface area (TPSA) is 68.0 Å². The highest BCUT2D eigenvalue weighted by Crippen LogP contribution is 2.61. The molecule has 0 spiro atoms. The van der Waals surface area contributed by atoms with Crippen molar-refractivity contribution in [1.29, 1.82) is 0 Å². The molecule has 0 saturated heterocycles. The molecule has 1 N–H and O–H groups in total. The lowest BCUT2D eigenvalue weighted by Gasteiger charge is -2.59. The number of benzene rings is 1. The molecule has 1 aromatic heterocycles. The molecule has 1 aromatic carbocycles. The van der Waals surface area contributed by atoms with Crippen LogP contribution in [0, 0.1) is 30.1 Å². The van der Waals surface area contributed by atoms with Gasteiger partial charge >= 0.3 is 0 Å². The number of rotatable bonds is 6. The van der Waals surface area contributed by atoms with E-state index in [0.717, 1.165) is 28.9 Å². The van der Waals surface area contributed by atoms with Crippen LogP contribution < -0.4 is 5.32 Å². The fraction of sp³-hybridized carbons (Fsp3) is 0.609. The Morgan fingerprint density at radius 3 is 2.48 bits per heavy atom. The Morgan fingerprint density at radius 1 is 1.17 bits per heavy atom. The number of amides is 1. The SMILES string of the molecule is Cc1ccccc1-c1nnc(SCC(=O)N[C@@H](C)C23CC4CC(CC(C4)C2)C3)o1. The summed E-state index contributed by atoms with van der Waals surface area (Å²) >= 11 is 1.32. The molecule has 154 valence electrons. The molecule has 1 amide bonds. The Bertz CT molecular complexity index is 874. The van der Waals surface area contributed by atoms with Gasteiger partial charge in [-0.05, 0) is 87.2 Å². The summed E-state index contributed by atoms with van der Waals surface area (Å²) in [5, 5.41) is 12.0. The van der Waals surface area contributed by atoms with Gasteiger partial charge in [0.2, 0.25) is 11.8 Å². The molecule has 2 aromatic rings. The first-order chi connectivity index (χ1) is 14.0. The van der Waals surface area contributed by atoms with Crippen molar-refractivity contribution in [2.45, 2.75) is 63.6 Å². The first-order valence-electron chi connectivity index (χ1n) is 10.8. The molecule has 6 heteroatoms. The van der Waals surface area contributed by atoms with Crippen molar-refractivity contribution < 1.29 is 9.21 Å². The van der Waals surface area contributed by atoms with Crippen molar-refractivity contribution in [2.24, 2.45) is 23.2 Å². The van der Waals surface area contributed by atoms with Gasteiger partial charge in [-0.25, -0.2) is 0 Å². The Kier molecular flexibility index (Phi) is 4.93. The number of hydrogen-bond acceptors (Lipinski definition) is 5. The zero-order valence-electron chi connectivity index (χ0n) is 17.2. The maximum Gasteiger partial charge on any atom is 0.277 e. The van der Waals surface area contributed by atoms with Crippen molar-refractivity contribution in [3.05, 3.63) is 29.8 Å². The number of nitrogens with zero attached hydrogens (tertiary/aromatic N) is 2. The fourth-order valence-electron chi connectivity index (χ4n) is 6.46. The number of hydrogen-bond donors (Lipinski definition) is 1. The lowest BCUT2D eigenvalue weighted by Crippen LogP contribution is -2.56. The van der Waals surface area contributed by atoms with Gasteiger partial charge in [-0.15, -0.1) is 10.2 Å². The average molecular weight is 412 g/mol. The second kappa shape index (κ2) is 7.46. The van der Waals surface area contributed by atoms with Crippen molar-refractivity contribution in [2.75, 3.05) is 5.75 Å². The van der Waals surface area contributed by atoms with Gasteiger partial charge in [-0.1, -0.05) is 30.0 Å². The molecule has 4 aliphatic carbocycles. The van der Waals surface area contributed by atoms with Crippen LogP contribution in [-0.4, -0.2) is 27.9 Å². The number of aryl methyl sites for hydroxylation is 1. The van der Waals surface area contributed by atoms with E-state index in [0.29, 0.717) is 22.3 Å². The van der Waals surface area contributed by atoms with Crippen LogP contribution in [0.5, 0.6) is 0 Å². The molecule has 6 rings (SSSR count). The van der Waals surface area contributed by atoms with Crippen molar-refractivity contribution in [3.63, 3.8) is 0 Å². The highest BCUT2D eigenvalue weighted by Gasteiger charge is 2.53. The Balaban J connectivity index is 1.17. The number of aromatic nitrogens is 2. The zero-order valence-corrected chi connectivity index (χ0v) is 18.0. The first-order valence-corrected chi connectivity index (χ1v) is 11.8. The molecule has 4 saturated carbocycles. The predicted molar refractivity (Wildman–Crippen MR) is 113 cm³/mol. The van der Waals surface area contributed by atoms with E-state index in [9.17, 15) is 4.79 Å². The van der Waals surface area contributed by atoms with Gasteiger partial charge in [0.05, 0.1) is 5.75 Å². The van der Waals surface area contributed by atoms with Crippen LogP contribution in [0.25, 0.3) is 11.5 Å². The van der Waals surface area contributed by atoms with Crippen LogP contribution in [0.1, 0.15) is 51.0 Å². The van der Waals surface area contributed by atoms with E-state index in [2.05, 4.69) is 22.4 Å². The van der Waals surface area contributed by atoms with Crippen LogP contribution in [0.4, 0.5) is 0 Å². The van der Waals surface area contributed by atoms with Gasteiger partial charge < -0.3 is 9.73 Å². The normalized spacial score (nSPS) is 31.0. The second-order valence-electron chi connectivity index (χ2n) is 9.55. The molecule has 4 fully saturated rings. The van der Waals surface area contributed by atoms with Gasteiger partial charge in [-0.2, -0.15) is 0 Å². The van der Waals surface area contributed by atoms with Crippen molar-refractivity contribution >= 4 is 17.7 Å². The van der Waals surface area contributed by atoms with Gasteiger partial charge in [-0.3, -0.25) is 4.79 Å². The molecule has 4 aliphatic rings. The Hall–Kier alpha value is -1.82. The summed E-state index contributed by atoms with van der Waals surface area (Å²) in [5.41, 5.74) is 2.36. The van der Waals surface area contributed by atoms with E-state index in [1.54, 1.807) is 0 Å². The number of thioether (sulfide) groups is 1. The number of carbonyl (C=O) groups excluding carboxylic acids is 1. The van der Waals surface area contributed by atoms with Gasteiger partial charge in [0.15, 0.2) is 0 Å². The van der Waals surface area contributed by atoms with Crippen molar-refractivity contribution in [1.82, 2.24) is 15.5 Å². The van der Waals surface area contributed by atoms with Crippen LogP contribution in [0.3, 0.4) is 0 Å². The molecular formula is C23H29N3O2S. The third-order valence-electron chi connectivity index (χ3n) is 7.49. The third kappa shape index (κ3) is 3.72. The van der Waals surface area contributed by atoms with Gasteiger partial charge in [0.25, 0.3) is 5.22 Å². The molecule has 1 heterocycles. The van der Waals surface area contributed by atoms with Gasteiger partial charge in [0, 0.05) is 11.6 Å². The minimum atomic E-state index is 0.0638. The first kappa shape index (κ1) is 19.2. The maximum atomic E-state index is 12.6. The summed E-state index contributed by atoms with van der Waals surface area (Å²) in [6, 6.07) is 8.18. The Labute approximate surface area is 176 Å². The number of carbonyl (C=O) groups is 1. The molecule has 0 unspecified atom stereocenters. The van der Waals surface area contributed by atoms with E-state index < -0.39 is 0 Å². The minimum absolute atomic E-state index is 0.0638. The van der Waals surface area contributed by atoms with E-state index in [1.165, 1.54) is 50.3 Å². The molecular weight excluding hydrogens is 382 g/mol. The summed E-state index contributed by atoms with van der Waals surface area (Å²) in [6.07, 6.45) is 8.19. The largest absolute Gasteiger partial charge is 0.411 e. The summed E-state index contributed by atoms with van der Waals surface area (Å²) in [6.45, 7) is 4.24. The smallest absolute Gasteiger partial charge is 0.277 e. The molecule has 1 atom stereocenters. The monoisotopic (exact) mass is 411 g/mol. The standard InChI is InChI=1S/C23H29N3O2S/c1-14-5-3-4-6-19(14)21-25-26-22(28-21)29-13-20(27)24-15(2)23-10-16-7-17(11-23)9-18(8-16)12-23/h3-6,15-18H,7-13H2,1-2H3,(H,24,27)/t15-,16?,17?,18?,23?/m0/s1. The fourth-order valence-corrected chi connectivity index (χ4v) is 7.04. The summed E-state index contributed by atoms with van der Waals surface area (Å²) in [7, 11) is 0. The predicted octanol–water partition coefficient (Wildman–Crippen LogP) is 4.86. The second-order valence-corrected chi connectivity index (χ2v) is 10.5. The van der Waals surface area contributed by atoms with E-state index in [4.69, 9.17) is 4.42 Å². The summed E-state index contributed by atoms with van der Waals surface area (Å²) < 4.78 is 5.77. The van der Waals surface area contributed by atoms with E-state index in [-0.39, 0.29) is 11.9 Å². The van der Waals surface area contributed by atoms with E-state index >= 15 is 0 Å². The van der Waals surface area contributed by atoms with Crippen LogP contribution >= 0.6 is 11.8 Å². The minimum Gasteiger partial charge on any atom is -0.411 e. The lowest BCUT2D eigenvalue weighted by molar-refractivity contribution is -0.123. The quantitative estimate of drug-likeness (QED) is 0.688. The molecule has 4 bridgehead atoms. The van der Waals surface area contributed by atoms with Gasteiger partial charge in [0.1, 0.15) is 0 Å². The highest BCUT2D eigenvalue weighted by atomic mass is 32.2. The molecule has 5 nitrogen and oxygen atoms in total. The maximum absolute atomic E-state index is 12.6. The van der Waals surface area contributed by atoms with Crippen LogP contribution in [0.15, 0.2) is 33.9 Å². The highest BCUT2D eigenvalue weighted by molar-refractivity contribution is 7.99. The van der Waals surface area contributed by atoms with E-state index in [1.807, 2.05) is 31.2 Å². The third-order valence-corrected chi connectivity index (χ3v) is 8.31. The zero-order chi connectivity index (χ0) is 20.0. The summed E-state index contributed by atoms with van der Waals surface area (Å²) in [5.74, 6) is 3.57. The van der Waals surface area contributed by atoms with Crippen LogP contribution in [0.2, 0.25) is 0 Å². The molecule has 29 heavy (non-hydrogen) atoms. The molecule has 0 aliphatic heterocycles.